The molecule has 86 valence electrons. The van der Waals surface area contributed by atoms with Crippen molar-refractivity contribution in [3.05, 3.63) is 0 Å². The maximum atomic E-state index is 13.5. The Morgan fingerprint density at radius 1 is 1.13 bits per heavy atom. The molecule has 0 aromatic heterocycles. The predicted molar refractivity (Wildman–Crippen MR) is 52.2 cm³/mol. The Morgan fingerprint density at radius 2 is 1.73 bits per heavy atom. The molecule has 0 aliphatic heterocycles. The van der Waals surface area contributed by atoms with Crippen LogP contribution in [0.25, 0.3) is 0 Å². The summed E-state index contributed by atoms with van der Waals surface area (Å²) in [5.74, 6) is -1.53. The molecule has 3 nitrogen and oxygen atoms in total. The lowest BCUT2D eigenvalue weighted by molar-refractivity contribution is -0.224. The molecular weight excluding hydrogens is 199 g/mol. The molecule has 0 bridgehead atoms. The number of carbonyl (C=O) groups is 1. The molecule has 2 saturated carbocycles. The number of aliphatic hydroxyl groups is 1. The molecule has 0 heterocycles. The molecule has 2 atom stereocenters. The van der Waals surface area contributed by atoms with Crippen LogP contribution in [0.4, 0.5) is 4.39 Å². The van der Waals surface area contributed by atoms with E-state index in [4.69, 9.17) is 5.11 Å². The van der Waals surface area contributed by atoms with Gasteiger partial charge >= 0.3 is 5.97 Å². The van der Waals surface area contributed by atoms with E-state index in [0.717, 1.165) is 38.5 Å². The van der Waals surface area contributed by atoms with Crippen LogP contribution in [-0.2, 0) is 4.79 Å². The third-order valence-electron chi connectivity index (χ3n) is 4.35. The summed E-state index contributed by atoms with van der Waals surface area (Å²) in [6, 6.07) is 0. The molecule has 2 aliphatic carbocycles. The van der Waals surface area contributed by atoms with Gasteiger partial charge in [-0.15, -0.1) is 0 Å². The predicted octanol–water partition coefficient (Wildman–Crippen LogP) is 1.88. The van der Waals surface area contributed by atoms with Gasteiger partial charge in [0.1, 0.15) is 5.60 Å². The van der Waals surface area contributed by atoms with Gasteiger partial charge in [-0.05, 0) is 25.7 Å². The third kappa shape index (κ3) is 1.38. The highest BCUT2D eigenvalue weighted by Crippen LogP contribution is 2.60. The van der Waals surface area contributed by atoms with Gasteiger partial charge in [-0.2, -0.15) is 0 Å². The molecule has 4 heteroatoms. The van der Waals surface area contributed by atoms with E-state index in [1.807, 2.05) is 0 Å². The molecule has 0 aromatic carbocycles. The van der Waals surface area contributed by atoms with Crippen LogP contribution < -0.4 is 0 Å². The number of alkyl halides is 1. The summed E-state index contributed by atoms with van der Waals surface area (Å²) in [4.78, 5) is 10.6. The minimum Gasteiger partial charge on any atom is -0.479 e. The molecule has 2 fully saturated rings. The molecule has 1 spiro atoms. The van der Waals surface area contributed by atoms with Crippen molar-refractivity contribution in [2.45, 2.75) is 56.7 Å². The Hall–Kier alpha value is -0.640. The second kappa shape index (κ2) is 3.44. The molecule has 15 heavy (non-hydrogen) atoms. The lowest BCUT2D eigenvalue weighted by Crippen LogP contribution is -2.65. The largest absolute Gasteiger partial charge is 0.479 e. The van der Waals surface area contributed by atoms with Gasteiger partial charge in [0.15, 0.2) is 0 Å². The molecule has 2 N–H and O–H groups in total. The SMILES string of the molecule is O=C(O)C(F)C1(O)CCC12CCCCC2. The highest BCUT2D eigenvalue weighted by molar-refractivity contribution is 5.74. The van der Waals surface area contributed by atoms with Crippen molar-refractivity contribution < 1.29 is 19.4 Å². The van der Waals surface area contributed by atoms with E-state index in [1.54, 1.807) is 0 Å². The molecule has 2 unspecified atom stereocenters. The smallest absolute Gasteiger partial charge is 0.341 e. The van der Waals surface area contributed by atoms with Crippen LogP contribution in [0.15, 0.2) is 0 Å². The fourth-order valence-electron chi connectivity index (χ4n) is 3.25. The summed E-state index contributed by atoms with van der Waals surface area (Å²) < 4.78 is 13.5. The van der Waals surface area contributed by atoms with E-state index in [-0.39, 0.29) is 0 Å². The van der Waals surface area contributed by atoms with Gasteiger partial charge in [0, 0.05) is 5.41 Å². The minimum atomic E-state index is -2.12. The first-order valence-electron chi connectivity index (χ1n) is 5.61. The van der Waals surface area contributed by atoms with Gasteiger partial charge in [0.05, 0.1) is 0 Å². The normalized spacial score (nSPS) is 35.9. The van der Waals surface area contributed by atoms with Gasteiger partial charge in [0.2, 0.25) is 6.17 Å². The van der Waals surface area contributed by atoms with Crippen molar-refractivity contribution in [2.24, 2.45) is 5.41 Å². The highest BCUT2D eigenvalue weighted by Gasteiger charge is 2.64. The number of hydrogen-bond donors (Lipinski definition) is 2. The first-order chi connectivity index (χ1) is 7.02. The Bertz CT molecular complexity index is 273. The molecule has 0 amide bonds. The summed E-state index contributed by atoms with van der Waals surface area (Å²) in [6.07, 6.45) is 3.57. The maximum Gasteiger partial charge on any atom is 0.341 e. The van der Waals surface area contributed by atoms with Crippen LogP contribution in [0.5, 0.6) is 0 Å². The van der Waals surface area contributed by atoms with Gasteiger partial charge in [0.25, 0.3) is 0 Å². The van der Waals surface area contributed by atoms with Crippen molar-refractivity contribution in [3.8, 4) is 0 Å². The third-order valence-corrected chi connectivity index (χ3v) is 4.35. The average Bonchev–Trinajstić information content (AvgIpc) is 2.26. The van der Waals surface area contributed by atoms with Crippen LogP contribution in [0.2, 0.25) is 0 Å². The second-order valence-corrected chi connectivity index (χ2v) is 4.97. The summed E-state index contributed by atoms with van der Waals surface area (Å²) in [5, 5.41) is 18.8. The van der Waals surface area contributed by atoms with Crippen molar-refractivity contribution in [2.75, 3.05) is 0 Å². The topological polar surface area (TPSA) is 57.5 Å². The molecule has 2 rings (SSSR count). The van der Waals surface area contributed by atoms with Crippen molar-refractivity contribution in [1.82, 2.24) is 0 Å². The zero-order valence-electron chi connectivity index (χ0n) is 8.71. The zero-order chi connectivity index (χ0) is 11.1. The van der Waals surface area contributed by atoms with Gasteiger partial charge < -0.3 is 10.2 Å². The molecule has 2 aliphatic rings. The Kier molecular flexibility index (Phi) is 2.49. The first-order valence-corrected chi connectivity index (χ1v) is 5.61. The van der Waals surface area contributed by atoms with E-state index < -0.39 is 23.2 Å². The van der Waals surface area contributed by atoms with Crippen LogP contribution in [0.3, 0.4) is 0 Å². The lowest BCUT2D eigenvalue weighted by Gasteiger charge is -2.58. The fourth-order valence-corrected chi connectivity index (χ4v) is 3.25. The highest BCUT2D eigenvalue weighted by atomic mass is 19.1. The Balaban J connectivity index is 2.17. The van der Waals surface area contributed by atoms with Gasteiger partial charge in [-0.25, -0.2) is 9.18 Å². The van der Waals surface area contributed by atoms with E-state index in [1.165, 1.54) is 0 Å². The standard InChI is InChI=1S/C11H17FO3/c12-8(9(13)14)11(15)7-6-10(11)4-2-1-3-5-10/h8,15H,1-7H2,(H,13,14). The van der Waals surface area contributed by atoms with E-state index in [0.29, 0.717) is 6.42 Å². The van der Waals surface area contributed by atoms with Crippen molar-refractivity contribution in [1.29, 1.82) is 0 Å². The number of carboxylic acids is 1. The zero-order valence-corrected chi connectivity index (χ0v) is 8.71. The number of hydrogen-bond acceptors (Lipinski definition) is 2. The lowest BCUT2D eigenvalue weighted by atomic mass is 9.49. The van der Waals surface area contributed by atoms with E-state index >= 15 is 0 Å². The average molecular weight is 216 g/mol. The number of carboxylic acid groups (broad SMARTS) is 1. The van der Waals surface area contributed by atoms with Crippen molar-refractivity contribution in [3.63, 3.8) is 0 Å². The summed E-state index contributed by atoms with van der Waals surface area (Å²) in [7, 11) is 0. The summed E-state index contributed by atoms with van der Waals surface area (Å²) in [5.41, 5.74) is -2.04. The van der Waals surface area contributed by atoms with Crippen LogP contribution >= 0.6 is 0 Å². The monoisotopic (exact) mass is 216 g/mol. The molecule has 0 aromatic rings. The number of rotatable bonds is 2. The van der Waals surface area contributed by atoms with Crippen LogP contribution in [-0.4, -0.2) is 28.0 Å². The molecule has 0 radical (unpaired) electrons. The van der Waals surface area contributed by atoms with Crippen LogP contribution in [0.1, 0.15) is 44.9 Å². The molecule has 0 saturated heterocycles. The second-order valence-electron chi connectivity index (χ2n) is 4.97. The van der Waals surface area contributed by atoms with Crippen molar-refractivity contribution >= 4 is 5.97 Å². The quantitative estimate of drug-likeness (QED) is 0.741. The summed E-state index contributed by atoms with van der Waals surface area (Å²) in [6.45, 7) is 0. The molecular formula is C11H17FO3. The van der Waals surface area contributed by atoms with E-state index in [2.05, 4.69) is 0 Å². The van der Waals surface area contributed by atoms with E-state index in [9.17, 15) is 14.3 Å². The Morgan fingerprint density at radius 3 is 2.13 bits per heavy atom. The maximum absolute atomic E-state index is 13.5. The minimum absolute atomic E-state index is 0.292. The summed E-state index contributed by atoms with van der Waals surface area (Å²) >= 11 is 0. The van der Waals surface area contributed by atoms with Gasteiger partial charge in [-0.3, -0.25) is 0 Å². The Labute approximate surface area is 88.3 Å². The number of halogens is 1. The van der Waals surface area contributed by atoms with Crippen LogP contribution in [0, 0.1) is 5.41 Å². The first kappa shape index (κ1) is 10.9. The number of aliphatic carboxylic acids is 1. The van der Waals surface area contributed by atoms with Gasteiger partial charge in [-0.1, -0.05) is 19.3 Å². The fraction of sp³-hybridized carbons (Fsp3) is 0.909.